The molecule has 15 heteroatoms. The number of carbonyl (C=O) groups is 3. The molecule has 0 saturated carbocycles. The maximum absolute atomic E-state index is 12.9. The number of aryl methyl sites for hydroxylation is 1. The maximum atomic E-state index is 12.9. The van der Waals surface area contributed by atoms with Gasteiger partial charge in [0.2, 0.25) is 11.8 Å². The van der Waals surface area contributed by atoms with Crippen molar-refractivity contribution < 1.29 is 24.2 Å². The number of aliphatic hydroxyl groups is 1. The zero-order valence-corrected chi connectivity index (χ0v) is 23.9. The van der Waals surface area contributed by atoms with Crippen molar-refractivity contribution in [2.75, 3.05) is 26.3 Å². The summed E-state index contributed by atoms with van der Waals surface area (Å²) >= 11 is 0. The summed E-state index contributed by atoms with van der Waals surface area (Å²) in [5, 5.41) is 16.4. The molecule has 0 aliphatic heterocycles. The lowest BCUT2D eigenvalue weighted by atomic mass is 10.2. The number of aliphatic hydroxyl groups excluding tert-OH is 1. The van der Waals surface area contributed by atoms with Gasteiger partial charge in [-0.1, -0.05) is 13.8 Å². The van der Waals surface area contributed by atoms with Crippen LogP contribution in [-0.2, 0) is 27.5 Å². The average Bonchev–Trinajstić information content (AvgIpc) is 3.43. The van der Waals surface area contributed by atoms with Crippen molar-refractivity contribution in [1.29, 1.82) is 0 Å². The molecule has 228 valence electrons. The Kier molecular flexibility index (Phi) is 11.4. The van der Waals surface area contributed by atoms with Crippen molar-refractivity contribution in [2.45, 2.75) is 58.8 Å². The van der Waals surface area contributed by atoms with Crippen LogP contribution < -0.4 is 37.7 Å². The fraction of sp³-hybridized carbons (Fsp3) is 0.481. The summed E-state index contributed by atoms with van der Waals surface area (Å²) in [6.07, 6.45) is 1.35. The predicted molar refractivity (Wildman–Crippen MR) is 155 cm³/mol. The monoisotopic (exact) mass is 586 g/mol. The molecule has 0 unspecified atom stereocenters. The number of benzene rings is 1. The topological polar surface area (TPSA) is 215 Å². The van der Waals surface area contributed by atoms with Crippen LogP contribution in [0.15, 0.2) is 33.9 Å². The van der Waals surface area contributed by atoms with Crippen molar-refractivity contribution >= 4 is 28.9 Å². The second-order valence-electron chi connectivity index (χ2n) is 9.65. The molecule has 1 aromatic carbocycles. The van der Waals surface area contributed by atoms with Crippen molar-refractivity contribution in [3.05, 3.63) is 45.1 Å². The smallest absolute Gasteiger partial charge is 0.332 e. The summed E-state index contributed by atoms with van der Waals surface area (Å²) in [4.78, 5) is 69.2. The molecule has 3 rings (SSSR count). The standard InChI is InChI=1S/C27H38N8O7/c1-4-12-34-23-21(26(40)35(13-5-2)27(34)41)32-22(33-23)17-6-8-18(9-7-17)42-15-20(37)29-10-11-30-24(38)16(3)31-25(39)19(28)14-36/h6-9,16,19,36H,4-5,10-15,28H2,1-3H3,(H,29,37)(H,30,38)(H,31,39)(H,32,33)/t16-,19-/m0/s1. The van der Waals surface area contributed by atoms with Crippen LogP contribution >= 0.6 is 0 Å². The Morgan fingerprint density at radius 3 is 2.31 bits per heavy atom. The van der Waals surface area contributed by atoms with Gasteiger partial charge in [0.05, 0.1) is 6.61 Å². The van der Waals surface area contributed by atoms with Crippen LogP contribution in [0.1, 0.15) is 33.6 Å². The summed E-state index contributed by atoms with van der Waals surface area (Å²) in [5.74, 6) is -0.665. The van der Waals surface area contributed by atoms with Crippen molar-refractivity contribution in [3.8, 4) is 17.1 Å². The Balaban J connectivity index is 1.53. The van der Waals surface area contributed by atoms with Gasteiger partial charge < -0.3 is 36.5 Å². The first-order valence-corrected chi connectivity index (χ1v) is 13.8. The van der Waals surface area contributed by atoms with E-state index in [4.69, 9.17) is 15.6 Å². The highest BCUT2D eigenvalue weighted by molar-refractivity contribution is 5.89. The van der Waals surface area contributed by atoms with Crippen LogP contribution in [0.2, 0.25) is 0 Å². The van der Waals surface area contributed by atoms with Gasteiger partial charge in [0.25, 0.3) is 11.5 Å². The third-order valence-corrected chi connectivity index (χ3v) is 6.29. The number of fused-ring (bicyclic) bond motifs is 1. The molecular weight excluding hydrogens is 548 g/mol. The molecule has 7 N–H and O–H groups in total. The number of nitrogens with one attached hydrogen (secondary N) is 4. The lowest BCUT2D eigenvalue weighted by Crippen LogP contribution is -2.52. The molecule has 0 spiro atoms. The number of aromatic nitrogens is 4. The third-order valence-electron chi connectivity index (χ3n) is 6.29. The molecule has 0 aliphatic carbocycles. The summed E-state index contributed by atoms with van der Waals surface area (Å²) in [7, 11) is 0. The normalized spacial score (nSPS) is 12.5. The van der Waals surface area contributed by atoms with E-state index in [1.807, 2.05) is 13.8 Å². The maximum Gasteiger partial charge on any atom is 0.332 e. The molecule has 2 heterocycles. The van der Waals surface area contributed by atoms with E-state index in [0.717, 1.165) is 0 Å². The Morgan fingerprint density at radius 2 is 1.67 bits per heavy atom. The van der Waals surface area contributed by atoms with Crippen LogP contribution in [0.3, 0.4) is 0 Å². The van der Waals surface area contributed by atoms with Gasteiger partial charge in [-0.05, 0) is 44.0 Å². The number of aromatic amines is 1. The van der Waals surface area contributed by atoms with Gasteiger partial charge in [-0.15, -0.1) is 0 Å². The Morgan fingerprint density at radius 1 is 1.02 bits per heavy atom. The number of amides is 3. The van der Waals surface area contributed by atoms with Crippen molar-refractivity contribution in [1.82, 2.24) is 35.1 Å². The number of H-pyrrole nitrogens is 1. The first-order valence-electron chi connectivity index (χ1n) is 13.8. The van der Waals surface area contributed by atoms with Gasteiger partial charge in [-0.25, -0.2) is 9.78 Å². The molecule has 0 aliphatic rings. The zero-order chi connectivity index (χ0) is 30.8. The number of imidazole rings is 1. The van der Waals surface area contributed by atoms with E-state index in [-0.39, 0.29) is 30.9 Å². The lowest BCUT2D eigenvalue weighted by Gasteiger charge is -2.16. The molecule has 0 fully saturated rings. The van der Waals surface area contributed by atoms with E-state index in [0.29, 0.717) is 48.7 Å². The molecule has 15 nitrogen and oxygen atoms in total. The lowest BCUT2D eigenvalue weighted by molar-refractivity contribution is -0.129. The second-order valence-corrected chi connectivity index (χ2v) is 9.65. The quantitative estimate of drug-likeness (QED) is 0.118. The minimum Gasteiger partial charge on any atom is -0.484 e. The molecule has 3 aromatic rings. The predicted octanol–water partition coefficient (Wildman–Crippen LogP) is -1.19. The van der Waals surface area contributed by atoms with E-state index in [1.165, 1.54) is 16.1 Å². The van der Waals surface area contributed by atoms with Gasteiger partial charge in [-0.2, -0.15) is 0 Å². The SMILES string of the molecule is CCCn1c(=O)c2[nH]c(-c3ccc(OCC(=O)NCCNC(=O)[C@H](C)NC(=O)[C@@H](N)CO)cc3)nc2n(CCC)c1=O. The van der Waals surface area contributed by atoms with Gasteiger partial charge in [0.1, 0.15) is 29.2 Å². The van der Waals surface area contributed by atoms with Crippen LogP contribution in [0, 0.1) is 0 Å². The van der Waals surface area contributed by atoms with Gasteiger partial charge in [0, 0.05) is 31.7 Å². The summed E-state index contributed by atoms with van der Waals surface area (Å²) in [5.41, 5.74) is 5.86. The largest absolute Gasteiger partial charge is 0.484 e. The molecule has 3 amide bonds. The van der Waals surface area contributed by atoms with E-state index < -0.39 is 42.0 Å². The highest BCUT2D eigenvalue weighted by Gasteiger charge is 2.20. The van der Waals surface area contributed by atoms with E-state index in [9.17, 15) is 24.0 Å². The average molecular weight is 587 g/mol. The molecule has 0 saturated heterocycles. The summed E-state index contributed by atoms with van der Waals surface area (Å²) < 4.78 is 8.28. The van der Waals surface area contributed by atoms with Gasteiger partial charge in [0.15, 0.2) is 12.3 Å². The van der Waals surface area contributed by atoms with Gasteiger partial charge in [-0.3, -0.25) is 28.3 Å². The number of carbonyl (C=O) groups excluding carboxylic acids is 3. The Hall–Kier alpha value is -4.50. The van der Waals surface area contributed by atoms with Gasteiger partial charge >= 0.3 is 5.69 Å². The van der Waals surface area contributed by atoms with Crippen LogP contribution in [0.25, 0.3) is 22.6 Å². The highest BCUT2D eigenvalue weighted by Crippen LogP contribution is 2.21. The minimum absolute atomic E-state index is 0.124. The molecule has 2 atom stereocenters. The number of ether oxygens (including phenoxy) is 1. The highest BCUT2D eigenvalue weighted by atomic mass is 16.5. The number of rotatable bonds is 15. The third kappa shape index (κ3) is 7.82. The first kappa shape index (κ1) is 32.0. The van der Waals surface area contributed by atoms with Crippen molar-refractivity contribution in [2.24, 2.45) is 5.73 Å². The zero-order valence-electron chi connectivity index (χ0n) is 23.9. The fourth-order valence-corrected chi connectivity index (χ4v) is 4.07. The molecule has 42 heavy (non-hydrogen) atoms. The fourth-order valence-electron chi connectivity index (χ4n) is 4.07. The van der Waals surface area contributed by atoms with Crippen LogP contribution in [-0.4, -0.2) is 80.3 Å². The van der Waals surface area contributed by atoms with E-state index in [1.54, 1.807) is 24.3 Å². The Bertz CT molecular complexity index is 1510. The number of nitrogens with zero attached hydrogens (tertiary/aromatic N) is 3. The van der Waals surface area contributed by atoms with E-state index in [2.05, 4.69) is 25.9 Å². The van der Waals surface area contributed by atoms with E-state index >= 15 is 0 Å². The molecule has 0 bridgehead atoms. The number of hydrogen-bond acceptors (Lipinski definition) is 9. The van der Waals surface area contributed by atoms with Crippen molar-refractivity contribution in [3.63, 3.8) is 0 Å². The molecular formula is C27H38N8O7. The molecule has 0 radical (unpaired) electrons. The first-order chi connectivity index (χ1) is 20.1. The minimum atomic E-state index is -1.11. The summed E-state index contributed by atoms with van der Waals surface area (Å²) in [6.45, 7) is 5.53. The number of hydrogen-bond donors (Lipinski definition) is 6. The van der Waals surface area contributed by atoms with Crippen LogP contribution in [0.5, 0.6) is 5.75 Å². The van der Waals surface area contributed by atoms with Crippen LogP contribution in [0.4, 0.5) is 0 Å². The summed E-state index contributed by atoms with van der Waals surface area (Å²) in [6, 6.07) is 4.78. The molecule has 2 aromatic heterocycles. The number of nitrogens with two attached hydrogens (primary N) is 1. The second kappa shape index (κ2) is 14.9. The Labute approximate surface area is 241 Å².